The van der Waals surface area contributed by atoms with Crippen LogP contribution in [0.3, 0.4) is 0 Å². The minimum Gasteiger partial charge on any atom is -0.497 e. The molecule has 0 bridgehead atoms. The fourth-order valence-electron chi connectivity index (χ4n) is 3.08. The van der Waals surface area contributed by atoms with Gasteiger partial charge in [0.15, 0.2) is 11.6 Å². The highest BCUT2D eigenvalue weighted by molar-refractivity contribution is 6.32. The number of hydrogen-bond acceptors (Lipinski definition) is 5. The molecule has 0 fully saturated rings. The average molecular weight is 429 g/mol. The first kappa shape index (κ1) is 20.9. The van der Waals surface area contributed by atoms with Crippen LogP contribution < -0.4 is 10.3 Å². The first-order valence-electron chi connectivity index (χ1n) is 8.81. The third kappa shape index (κ3) is 4.14. The van der Waals surface area contributed by atoms with E-state index in [0.29, 0.717) is 19.2 Å². The van der Waals surface area contributed by atoms with Crippen LogP contribution in [0.4, 0.5) is 8.78 Å². The molecule has 2 heterocycles. The van der Waals surface area contributed by atoms with Crippen molar-refractivity contribution in [3.05, 3.63) is 51.1 Å². The zero-order chi connectivity index (χ0) is 21.1. The van der Waals surface area contributed by atoms with E-state index in [4.69, 9.17) is 21.1 Å². The summed E-state index contributed by atoms with van der Waals surface area (Å²) in [6.07, 6.45) is 2.69. The lowest BCUT2D eigenvalue weighted by Gasteiger charge is -2.17. The lowest BCUT2D eigenvalue weighted by molar-refractivity contribution is -0.135. The second kappa shape index (κ2) is 8.69. The minimum absolute atomic E-state index is 0.0482. The Labute approximate surface area is 170 Å². The van der Waals surface area contributed by atoms with Gasteiger partial charge in [-0.3, -0.25) is 9.48 Å². The van der Waals surface area contributed by atoms with Gasteiger partial charge in [0.2, 0.25) is 0 Å². The standard InChI is InChI=1S/C19H19ClF2N2O5/c1-27-11(7-16(25)28-2)10-29-15-8-12(13(21)9-14(15)22)17-18(20)23-5-3-4-6-24(23)19(17)26/h7-9H,3-6,10H2,1-2H3/b11-7+. The van der Waals surface area contributed by atoms with Crippen LogP contribution in [0, 0.1) is 11.6 Å². The third-order valence-electron chi connectivity index (χ3n) is 4.57. The van der Waals surface area contributed by atoms with Gasteiger partial charge in [0.25, 0.3) is 5.56 Å². The number of esters is 1. The van der Waals surface area contributed by atoms with Crippen LogP contribution in [-0.4, -0.2) is 36.2 Å². The highest BCUT2D eigenvalue weighted by atomic mass is 35.5. The normalized spacial score (nSPS) is 13.8. The molecule has 0 spiro atoms. The van der Waals surface area contributed by atoms with Crippen LogP contribution in [0.25, 0.3) is 11.1 Å². The molecule has 3 rings (SSSR count). The number of hydrogen-bond donors (Lipinski definition) is 0. The summed E-state index contributed by atoms with van der Waals surface area (Å²) in [7, 11) is 2.50. The molecule has 29 heavy (non-hydrogen) atoms. The Kier molecular flexibility index (Phi) is 6.26. The molecule has 1 aromatic heterocycles. The fourth-order valence-corrected chi connectivity index (χ4v) is 3.44. The number of carbonyl (C=O) groups is 1. The van der Waals surface area contributed by atoms with Crippen LogP contribution in [0.15, 0.2) is 28.8 Å². The fraction of sp³-hybridized carbons (Fsp3) is 0.368. The Bertz CT molecular complexity index is 1030. The summed E-state index contributed by atoms with van der Waals surface area (Å²) in [6, 6.07) is 1.70. The molecule has 0 saturated carbocycles. The van der Waals surface area contributed by atoms with Crippen molar-refractivity contribution in [1.82, 2.24) is 9.36 Å². The predicted octanol–water partition coefficient (Wildman–Crippen LogP) is 3.12. The van der Waals surface area contributed by atoms with E-state index >= 15 is 0 Å². The van der Waals surface area contributed by atoms with Gasteiger partial charge in [0, 0.05) is 24.7 Å². The summed E-state index contributed by atoms with van der Waals surface area (Å²) in [5, 5.41) is 0.0920. The van der Waals surface area contributed by atoms with Crippen molar-refractivity contribution in [3.8, 4) is 16.9 Å². The number of carbonyl (C=O) groups excluding carboxylic acids is 1. The van der Waals surface area contributed by atoms with Crippen molar-refractivity contribution in [3.63, 3.8) is 0 Å². The van der Waals surface area contributed by atoms with E-state index in [1.807, 2.05) is 0 Å². The molecule has 1 aliphatic rings. The van der Waals surface area contributed by atoms with Crippen LogP contribution in [-0.2, 0) is 27.4 Å². The van der Waals surface area contributed by atoms with Crippen molar-refractivity contribution in [2.75, 3.05) is 20.8 Å². The Morgan fingerprint density at radius 1 is 1.14 bits per heavy atom. The summed E-state index contributed by atoms with van der Waals surface area (Å²) in [5.74, 6) is -2.84. The first-order valence-corrected chi connectivity index (χ1v) is 9.19. The number of fused-ring (bicyclic) bond motifs is 1. The smallest absolute Gasteiger partial charge is 0.334 e. The van der Waals surface area contributed by atoms with E-state index in [-0.39, 0.29) is 34.4 Å². The van der Waals surface area contributed by atoms with Crippen LogP contribution in [0.1, 0.15) is 12.8 Å². The predicted molar refractivity (Wildman–Crippen MR) is 101 cm³/mol. The molecular formula is C19H19ClF2N2O5. The SMILES string of the molecule is COC(=O)/C=C(\COc1cc(-c2c(Cl)n3n(c2=O)CCCC3)c(F)cc1F)OC. The maximum absolute atomic E-state index is 14.5. The number of halogens is 3. The van der Waals surface area contributed by atoms with Gasteiger partial charge < -0.3 is 14.2 Å². The van der Waals surface area contributed by atoms with Gasteiger partial charge in [-0.2, -0.15) is 0 Å². The average Bonchev–Trinajstić information content (AvgIpc) is 2.97. The van der Waals surface area contributed by atoms with Crippen LogP contribution >= 0.6 is 11.6 Å². The van der Waals surface area contributed by atoms with Crippen LogP contribution in [0.5, 0.6) is 5.75 Å². The number of aromatic nitrogens is 2. The molecule has 1 aromatic carbocycles. The largest absolute Gasteiger partial charge is 0.497 e. The molecule has 1 aliphatic heterocycles. The van der Waals surface area contributed by atoms with E-state index in [2.05, 4.69) is 4.74 Å². The maximum atomic E-state index is 14.5. The van der Waals surface area contributed by atoms with Crippen molar-refractivity contribution in [2.24, 2.45) is 0 Å². The Hall–Kier alpha value is -2.81. The second-order valence-electron chi connectivity index (χ2n) is 6.31. The molecule has 10 heteroatoms. The molecule has 0 atom stereocenters. The van der Waals surface area contributed by atoms with E-state index in [0.717, 1.165) is 25.0 Å². The van der Waals surface area contributed by atoms with Crippen molar-refractivity contribution in [2.45, 2.75) is 25.9 Å². The molecule has 0 saturated heterocycles. The molecule has 0 radical (unpaired) electrons. The quantitative estimate of drug-likeness (QED) is 0.401. The monoisotopic (exact) mass is 428 g/mol. The number of rotatable bonds is 6. The van der Waals surface area contributed by atoms with Gasteiger partial charge in [-0.25, -0.2) is 18.3 Å². The van der Waals surface area contributed by atoms with Crippen molar-refractivity contribution in [1.29, 1.82) is 0 Å². The second-order valence-corrected chi connectivity index (χ2v) is 6.67. The third-order valence-corrected chi connectivity index (χ3v) is 4.95. The van der Waals surface area contributed by atoms with Crippen molar-refractivity contribution < 1.29 is 27.8 Å². The van der Waals surface area contributed by atoms with Gasteiger partial charge in [-0.15, -0.1) is 0 Å². The molecule has 0 unspecified atom stereocenters. The Morgan fingerprint density at radius 2 is 1.83 bits per heavy atom. The van der Waals surface area contributed by atoms with Crippen molar-refractivity contribution >= 4 is 17.6 Å². The maximum Gasteiger partial charge on any atom is 0.334 e. The lowest BCUT2D eigenvalue weighted by atomic mass is 10.1. The molecule has 0 aliphatic carbocycles. The number of methoxy groups -OCH3 is 2. The number of benzene rings is 1. The van der Waals surface area contributed by atoms with Crippen LogP contribution in [0.2, 0.25) is 5.15 Å². The molecular weight excluding hydrogens is 410 g/mol. The summed E-state index contributed by atoms with van der Waals surface area (Å²) in [6.45, 7) is 0.697. The molecule has 0 amide bonds. The van der Waals surface area contributed by atoms with E-state index in [9.17, 15) is 18.4 Å². The van der Waals surface area contributed by atoms with Gasteiger partial charge in [-0.1, -0.05) is 11.6 Å². The first-order chi connectivity index (χ1) is 13.9. The Balaban J connectivity index is 1.97. The zero-order valence-corrected chi connectivity index (χ0v) is 16.6. The summed E-state index contributed by atoms with van der Waals surface area (Å²) >= 11 is 6.33. The van der Waals surface area contributed by atoms with Gasteiger partial charge in [0.05, 0.1) is 25.9 Å². The molecule has 7 nitrogen and oxygen atoms in total. The van der Waals surface area contributed by atoms with E-state index < -0.39 is 23.2 Å². The zero-order valence-electron chi connectivity index (χ0n) is 15.8. The molecule has 2 aromatic rings. The lowest BCUT2D eigenvalue weighted by Crippen LogP contribution is -2.27. The topological polar surface area (TPSA) is 71.7 Å². The minimum atomic E-state index is -0.972. The molecule has 0 N–H and O–H groups in total. The van der Waals surface area contributed by atoms with Gasteiger partial charge in [0.1, 0.15) is 23.3 Å². The number of ether oxygens (including phenoxy) is 3. The highest BCUT2D eigenvalue weighted by Gasteiger charge is 2.25. The summed E-state index contributed by atoms with van der Waals surface area (Å²) in [4.78, 5) is 24.0. The summed E-state index contributed by atoms with van der Waals surface area (Å²) in [5.41, 5.74) is -0.663. The van der Waals surface area contributed by atoms with E-state index in [1.165, 1.54) is 18.9 Å². The Morgan fingerprint density at radius 3 is 2.45 bits per heavy atom. The number of nitrogens with zero attached hydrogens (tertiary/aromatic N) is 2. The van der Waals surface area contributed by atoms with E-state index in [1.54, 1.807) is 4.68 Å². The molecule has 156 valence electrons. The highest BCUT2D eigenvalue weighted by Crippen LogP contribution is 2.33. The van der Waals surface area contributed by atoms with Gasteiger partial charge in [-0.05, 0) is 18.9 Å². The summed E-state index contributed by atoms with van der Waals surface area (Å²) < 4.78 is 46.6. The van der Waals surface area contributed by atoms with Gasteiger partial charge >= 0.3 is 5.97 Å².